The van der Waals surface area contributed by atoms with Crippen LogP contribution in [0, 0.1) is 0 Å². The highest BCUT2D eigenvalue weighted by molar-refractivity contribution is 6.16. The fourth-order valence-electron chi connectivity index (χ4n) is 3.52. The Morgan fingerprint density at radius 2 is 1.74 bits per heavy atom. The van der Waals surface area contributed by atoms with E-state index in [1.165, 1.54) is 6.92 Å². The van der Waals surface area contributed by atoms with E-state index in [0.717, 1.165) is 5.56 Å². The lowest BCUT2D eigenvalue weighted by Gasteiger charge is -2.43. The second-order valence-corrected chi connectivity index (χ2v) is 7.26. The molecule has 2 aromatic carbocycles. The Bertz CT molecular complexity index is 964. The first-order valence-corrected chi connectivity index (χ1v) is 9.87. The van der Waals surface area contributed by atoms with Gasteiger partial charge in [0.05, 0.1) is 6.54 Å². The number of para-hydroxylation sites is 1. The number of carbonyl (C=O) groups is 4. The summed E-state index contributed by atoms with van der Waals surface area (Å²) in [7, 11) is 0. The molecule has 0 bridgehead atoms. The smallest absolute Gasteiger partial charge is 0.408 e. The fraction of sp³-hybridized carbons (Fsp3) is 0.273. The number of β-lactam (4-membered cyclic amide) rings is 1. The van der Waals surface area contributed by atoms with Crippen molar-refractivity contribution >= 4 is 29.5 Å². The van der Waals surface area contributed by atoms with Crippen LogP contribution in [0.2, 0.25) is 0 Å². The van der Waals surface area contributed by atoms with Gasteiger partial charge in [-0.15, -0.1) is 0 Å². The van der Waals surface area contributed by atoms with Crippen molar-refractivity contribution in [3.63, 3.8) is 0 Å². The molecule has 2 aromatic rings. The molecule has 162 valence electrons. The molecule has 3 atom stereocenters. The SMILES string of the molecule is C[C@@H](N)C(=O)[N+](C(=O)CNC(=O)OCc1ccccc1)(c1ccccc1)C1CNC1=O. The van der Waals surface area contributed by atoms with E-state index in [-0.39, 0.29) is 13.2 Å². The van der Waals surface area contributed by atoms with E-state index in [4.69, 9.17) is 10.5 Å². The molecule has 1 aliphatic rings. The largest absolute Gasteiger partial charge is 0.445 e. The second-order valence-electron chi connectivity index (χ2n) is 7.26. The summed E-state index contributed by atoms with van der Waals surface area (Å²) < 4.78 is 4.23. The van der Waals surface area contributed by atoms with Gasteiger partial charge in [0.25, 0.3) is 5.91 Å². The van der Waals surface area contributed by atoms with Gasteiger partial charge in [0.2, 0.25) is 6.04 Å². The minimum absolute atomic E-state index is 0.0311. The maximum absolute atomic E-state index is 13.4. The first kappa shape index (κ1) is 22.1. The van der Waals surface area contributed by atoms with Gasteiger partial charge >= 0.3 is 17.9 Å². The average Bonchev–Trinajstić information content (AvgIpc) is 2.79. The van der Waals surface area contributed by atoms with Gasteiger partial charge in [-0.05, 0) is 12.5 Å². The summed E-state index contributed by atoms with van der Waals surface area (Å²) in [6.07, 6.45) is -0.810. The molecule has 9 nitrogen and oxygen atoms in total. The minimum atomic E-state index is -1.01. The number of rotatable bonds is 7. The molecular formula is C22H25N4O5+. The van der Waals surface area contributed by atoms with Crippen LogP contribution >= 0.6 is 0 Å². The van der Waals surface area contributed by atoms with Crippen molar-refractivity contribution in [3.8, 4) is 0 Å². The Morgan fingerprint density at radius 3 is 2.26 bits per heavy atom. The summed E-state index contributed by atoms with van der Waals surface area (Å²) in [4.78, 5) is 51.1. The van der Waals surface area contributed by atoms with Crippen molar-refractivity contribution in [2.45, 2.75) is 25.6 Å². The van der Waals surface area contributed by atoms with Crippen molar-refractivity contribution in [2.24, 2.45) is 5.73 Å². The zero-order valence-electron chi connectivity index (χ0n) is 17.1. The molecule has 9 heteroatoms. The number of amides is 4. The van der Waals surface area contributed by atoms with E-state index in [1.807, 2.05) is 18.2 Å². The van der Waals surface area contributed by atoms with E-state index >= 15 is 0 Å². The molecule has 2 unspecified atom stereocenters. The quantitative estimate of drug-likeness (QED) is 0.445. The van der Waals surface area contributed by atoms with E-state index in [2.05, 4.69) is 10.6 Å². The van der Waals surface area contributed by atoms with Crippen LogP contribution in [-0.2, 0) is 25.7 Å². The summed E-state index contributed by atoms with van der Waals surface area (Å²) in [5.74, 6) is -1.74. The van der Waals surface area contributed by atoms with Crippen molar-refractivity contribution in [3.05, 3.63) is 66.2 Å². The summed E-state index contributed by atoms with van der Waals surface area (Å²) in [6.45, 7) is 1.12. The monoisotopic (exact) mass is 425 g/mol. The number of ether oxygens (including phenoxy) is 1. The van der Waals surface area contributed by atoms with E-state index in [1.54, 1.807) is 42.5 Å². The molecule has 0 saturated carbocycles. The molecule has 3 rings (SSSR count). The molecular weight excluding hydrogens is 400 g/mol. The maximum Gasteiger partial charge on any atom is 0.408 e. The standard InChI is InChI=1S/C22H24N4O5/c1-15(23)21(29)26(18-12-24-20(18)28,17-10-6-3-7-11-17)19(27)13-25-22(30)31-14-16-8-4-2-5-9-16/h2-11,15,18H,12-14,23H2,1H3,(H-,24,25,28,30)/p+1/t15-,18?,26?/m1/s1. The van der Waals surface area contributed by atoms with Crippen LogP contribution in [0.4, 0.5) is 10.5 Å². The topological polar surface area (TPSA) is 128 Å². The Morgan fingerprint density at radius 1 is 1.13 bits per heavy atom. The Balaban J connectivity index is 1.81. The molecule has 0 aromatic heterocycles. The number of carbonyl (C=O) groups excluding carboxylic acids is 4. The lowest BCUT2D eigenvalue weighted by Crippen LogP contribution is -2.79. The minimum Gasteiger partial charge on any atom is -0.445 e. The van der Waals surface area contributed by atoms with Crippen LogP contribution in [0.15, 0.2) is 60.7 Å². The van der Waals surface area contributed by atoms with Crippen molar-refractivity contribution in [2.75, 3.05) is 13.1 Å². The highest BCUT2D eigenvalue weighted by Crippen LogP contribution is 2.31. The van der Waals surface area contributed by atoms with Gasteiger partial charge in [0, 0.05) is 12.1 Å². The molecule has 4 N–H and O–H groups in total. The van der Waals surface area contributed by atoms with E-state index in [0.29, 0.717) is 5.69 Å². The second kappa shape index (κ2) is 9.50. The average molecular weight is 425 g/mol. The van der Waals surface area contributed by atoms with E-state index in [9.17, 15) is 19.2 Å². The van der Waals surface area contributed by atoms with Gasteiger partial charge in [-0.1, -0.05) is 48.5 Å². The molecule has 1 fully saturated rings. The number of benzene rings is 2. The van der Waals surface area contributed by atoms with Crippen LogP contribution in [0.5, 0.6) is 0 Å². The summed E-state index contributed by atoms with van der Waals surface area (Å²) in [6, 6.07) is 15.4. The molecule has 1 aliphatic heterocycles. The third-order valence-corrected chi connectivity index (χ3v) is 5.13. The molecule has 0 aliphatic carbocycles. The van der Waals surface area contributed by atoms with Gasteiger partial charge in [-0.2, -0.15) is 4.48 Å². The van der Waals surface area contributed by atoms with Gasteiger partial charge in [0.1, 0.15) is 24.9 Å². The summed E-state index contributed by atoms with van der Waals surface area (Å²) in [5, 5.41) is 4.96. The van der Waals surface area contributed by atoms with E-state index < -0.39 is 46.9 Å². The molecule has 0 spiro atoms. The van der Waals surface area contributed by atoms with Crippen molar-refractivity contribution in [1.29, 1.82) is 0 Å². The number of nitrogens with one attached hydrogen (secondary N) is 2. The number of hydrogen-bond donors (Lipinski definition) is 3. The Hall–Kier alpha value is -3.56. The maximum atomic E-state index is 13.4. The number of nitrogens with zero attached hydrogens (tertiary/aromatic N) is 1. The lowest BCUT2D eigenvalue weighted by molar-refractivity contribution is -0.154. The van der Waals surface area contributed by atoms with Crippen molar-refractivity contribution in [1.82, 2.24) is 15.1 Å². The van der Waals surface area contributed by atoms with Crippen LogP contribution < -0.4 is 20.9 Å². The third kappa shape index (κ3) is 4.47. The van der Waals surface area contributed by atoms with Crippen LogP contribution in [0.25, 0.3) is 0 Å². The first-order chi connectivity index (χ1) is 14.9. The zero-order chi connectivity index (χ0) is 22.4. The number of alkyl carbamates (subject to hydrolysis) is 1. The normalized spacial score (nSPS) is 18.0. The predicted octanol–water partition coefficient (Wildman–Crippen LogP) is 0.819. The van der Waals surface area contributed by atoms with Crippen LogP contribution in [0.1, 0.15) is 12.5 Å². The number of imide groups is 1. The first-order valence-electron chi connectivity index (χ1n) is 9.87. The number of nitrogens with two attached hydrogens (primary N) is 1. The molecule has 1 heterocycles. The molecule has 0 radical (unpaired) electrons. The highest BCUT2D eigenvalue weighted by atomic mass is 16.5. The fourth-order valence-corrected chi connectivity index (χ4v) is 3.52. The Labute approximate surface area is 179 Å². The van der Waals surface area contributed by atoms with Crippen molar-refractivity contribution < 1.29 is 23.9 Å². The Kier molecular flexibility index (Phi) is 6.78. The number of hydrogen-bond acceptors (Lipinski definition) is 6. The summed E-state index contributed by atoms with van der Waals surface area (Å²) >= 11 is 0. The third-order valence-electron chi connectivity index (χ3n) is 5.13. The zero-order valence-corrected chi connectivity index (χ0v) is 17.1. The van der Waals surface area contributed by atoms with Gasteiger partial charge in [-0.25, -0.2) is 14.4 Å². The van der Waals surface area contributed by atoms with Gasteiger partial charge in [-0.3, -0.25) is 4.79 Å². The van der Waals surface area contributed by atoms with Gasteiger partial charge < -0.3 is 21.1 Å². The lowest BCUT2D eigenvalue weighted by atomic mass is 10.00. The van der Waals surface area contributed by atoms with Crippen LogP contribution in [0.3, 0.4) is 0 Å². The molecule has 31 heavy (non-hydrogen) atoms. The predicted molar refractivity (Wildman–Crippen MR) is 113 cm³/mol. The van der Waals surface area contributed by atoms with Crippen LogP contribution in [-0.4, -0.2) is 49.0 Å². The number of quaternary nitrogens is 1. The summed E-state index contributed by atoms with van der Waals surface area (Å²) in [5.41, 5.74) is 6.97. The van der Waals surface area contributed by atoms with Gasteiger partial charge in [0.15, 0.2) is 0 Å². The molecule has 1 saturated heterocycles. The molecule has 4 amide bonds. The highest BCUT2D eigenvalue weighted by Gasteiger charge is 2.59.